The molecule has 0 saturated carbocycles. The lowest BCUT2D eigenvalue weighted by molar-refractivity contribution is 0.102. The first-order chi connectivity index (χ1) is 12.2. The Hall–Kier alpha value is -2.64. The lowest BCUT2D eigenvalue weighted by atomic mass is 10.1. The van der Waals surface area contributed by atoms with E-state index in [4.69, 9.17) is 0 Å². The van der Waals surface area contributed by atoms with Gasteiger partial charge in [-0.1, -0.05) is 48.6 Å². The van der Waals surface area contributed by atoms with E-state index in [1.165, 1.54) is 11.3 Å². The highest BCUT2D eigenvalue weighted by Gasteiger charge is 2.17. The second-order valence-corrected chi connectivity index (χ2v) is 7.43. The molecule has 1 N–H and O–H groups in total. The maximum absolute atomic E-state index is 12.7. The molecule has 1 amide bonds. The summed E-state index contributed by atoms with van der Waals surface area (Å²) in [6, 6.07) is 15.5. The molecular formula is C18H14N4OS2. The van der Waals surface area contributed by atoms with Gasteiger partial charge in [-0.2, -0.15) is 0 Å². The van der Waals surface area contributed by atoms with Crippen LogP contribution in [-0.4, -0.2) is 21.1 Å². The number of benzene rings is 2. The third-order valence-electron chi connectivity index (χ3n) is 3.69. The summed E-state index contributed by atoms with van der Waals surface area (Å²) in [6.07, 6.45) is 0.801. The molecule has 0 spiro atoms. The Bertz CT molecular complexity index is 1020. The molecular weight excluding hydrogens is 352 g/mol. The number of anilines is 1. The van der Waals surface area contributed by atoms with Crippen molar-refractivity contribution in [1.82, 2.24) is 15.2 Å². The molecule has 0 aliphatic heterocycles. The summed E-state index contributed by atoms with van der Waals surface area (Å²) in [7, 11) is 0. The van der Waals surface area contributed by atoms with Gasteiger partial charge in [0, 0.05) is 11.1 Å². The van der Waals surface area contributed by atoms with E-state index in [2.05, 4.69) is 20.5 Å². The van der Waals surface area contributed by atoms with E-state index in [9.17, 15) is 4.79 Å². The third kappa shape index (κ3) is 3.16. The van der Waals surface area contributed by atoms with Crippen LogP contribution in [0.25, 0.3) is 20.8 Å². The van der Waals surface area contributed by atoms with Crippen LogP contribution in [0.1, 0.15) is 22.3 Å². The molecule has 124 valence electrons. The van der Waals surface area contributed by atoms with Crippen molar-refractivity contribution in [3.63, 3.8) is 0 Å². The SMILES string of the molecule is CCc1nnc(NC(=O)c2ccccc2-c2nc3ccccc3s2)s1. The number of hydrogen-bond acceptors (Lipinski definition) is 6. The number of carbonyl (C=O) groups is 1. The number of nitrogens with one attached hydrogen (secondary N) is 1. The number of aromatic nitrogens is 3. The molecule has 4 rings (SSSR count). The van der Waals surface area contributed by atoms with Gasteiger partial charge in [0.15, 0.2) is 0 Å². The minimum absolute atomic E-state index is 0.200. The lowest BCUT2D eigenvalue weighted by Gasteiger charge is -2.06. The van der Waals surface area contributed by atoms with Crippen molar-refractivity contribution < 1.29 is 4.79 Å². The number of hydrogen-bond donors (Lipinski definition) is 1. The molecule has 0 saturated heterocycles. The molecule has 2 aromatic heterocycles. The van der Waals surface area contributed by atoms with Crippen molar-refractivity contribution in [2.75, 3.05) is 5.32 Å². The van der Waals surface area contributed by atoms with Crippen LogP contribution < -0.4 is 5.32 Å². The van der Waals surface area contributed by atoms with Crippen LogP contribution in [0.4, 0.5) is 5.13 Å². The van der Waals surface area contributed by atoms with Crippen LogP contribution in [0, 0.1) is 0 Å². The Morgan fingerprint density at radius 3 is 2.64 bits per heavy atom. The maximum Gasteiger partial charge on any atom is 0.258 e. The first-order valence-electron chi connectivity index (χ1n) is 7.83. The first-order valence-corrected chi connectivity index (χ1v) is 9.46. The number of nitrogens with zero attached hydrogens (tertiary/aromatic N) is 3. The zero-order valence-electron chi connectivity index (χ0n) is 13.4. The van der Waals surface area contributed by atoms with Crippen molar-refractivity contribution in [2.24, 2.45) is 0 Å². The normalized spacial score (nSPS) is 10.9. The minimum atomic E-state index is -0.200. The Labute approximate surface area is 152 Å². The van der Waals surface area contributed by atoms with Gasteiger partial charge in [-0.3, -0.25) is 10.1 Å². The highest BCUT2D eigenvalue weighted by atomic mass is 32.1. The van der Waals surface area contributed by atoms with Gasteiger partial charge in [-0.05, 0) is 24.6 Å². The molecule has 0 aliphatic rings. The quantitative estimate of drug-likeness (QED) is 0.572. The van der Waals surface area contributed by atoms with Crippen LogP contribution >= 0.6 is 22.7 Å². The van der Waals surface area contributed by atoms with Crippen molar-refractivity contribution in [2.45, 2.75) is 13.3 Å². The van der Waals surface area contributed by atoms with Crippen LogP contribution in [0.5, 0.6) is 0 Å². The van der Waals surface area contributed by atoms with Crippen LogP contribution in [0.2, 0.25) is 0 Å². The fourth-order valence-corrected chi connectivity index (χ4v) is 4.15. The molecule has 0 radical (unpaired) electrons. The summed E-state index contributed by atoms with van der Waals surface area (Å²) in [5.74, 6) is -0.200. The van der Waals surface area contributed by atoms with Gasteiger partial charge >= 0.3 is 0 Å². The molecule has 2 heterocycles. The van der Waals surface area contributed by atoms with Gasteiger partial charge in [-0.25, -0.2) is 4.98 Å². The molecule has 0 bridgehead atoms. The molecule has 4 aromatic rings. The molecule has 0 atom stereocenters. The number of carbonyl (C=O) groups excluding carboxylic acids is 1. The highest BCUT2D eigenvalue weighted by molar-refractivity contribution is 7.21. The molecule has 0 aliphatic carbocycles. The number of thiazole rings is 1. The number of fused-ring (bicyclic) bond motifs is 1. The summed E-state index contributed by atoms with van der Waals surface area (Å²) in [6.45, 7) is 2.01. The highest BCUT2D eigenvalue weighted by Crippen LogP contribution is 2.32. The monoisotopic (exact) mass is 366 g/mol. The van der Waals surface area contributed by atoms with Gasteiger partial charge in [-0.15, -0.1) is 21.5 Å². The van der Waals surface area contributed by atoms with Crippen LogP contribution in [0.3, 0.4) is 0 Å². The average molecular weight is 366 g/mol. The van der Waals surface area contributed by atoms with Gasteiger partial charge in [0.05, 0.1) is 10.2 Å². The topological polar surface area (TPSA) is 67.8 Å². The summed E-state index contributed by atoms with van der Waals surface area (Å²) in [5.41, 5.74) is 2.34. The second-order valence-electron chi connectivity index (χ2n) is 5.34. The largest absolute Gasteiger partial charge is 0.296 e. The van der Waals surface area contributed by atoms with Gasteiger partial charge < -0.3 is 0 Å². The van der Waals surface area contributed by atoms with Crippen LogP contribution in [0.15, 0.2) is 48.5 Å². The summed E-state index contributed by atoms with van der Waals surface area (Å²) in [5, 5.41) is 13.1. The Kier molecular flexibility index (Phi) is 4.25. The molecule has 0 unspecified atom stereocenters. The lowest BCUT2D eigenvalue weighted by Crippen LogP contribution is -2.12. The molecule has 0 fully saturated rings. The third-order valence-corrected chi connectivity index (χ3v) is 5.74. The van der Waals surface area contributed by atoms with E-state index in [-0.39, 0.29) is 5.91 Å². The van der Waals surface area contributed by atoms with E-state index < -0.39 is 0 Å². The molecule has 25 heavy (non-hydrogen) atoms. The maximum atomic E-state index is 12.7. The second kappa shape index (κ2) is 6.70. The molecule has 2 aromatic carbocycles. The Morgan fingerprint density at radius 2 is 1.84 bits per heavy atom. The zero-order valence-corrected chi connectivity index (χ0v) is 15.0. The van der Waals surface area contributed by atoms with Crippen molar-refractivity contribution >= 4 is 43.9 Å². The standard InChI is InChI=1S/C18H14N4OS2/c1-2-15-21-22-18(25-15)20-16(23)11-7-3-4-8-12(11)17-19-13-9-5-6-10-14(13)24-17/h3-10H,2H2,1H3,(H,20,22,23). The van der Waals surface area contributed by atoms with Gasteiger partial charge in [0.2, 0.25) is 5.13 Å². The predicted octanol–water partition coefficient (Wildman–Crippen LogP) is 4.63. The smallest absolute Gasteiger partial charge is 0.258 e. The number of amides is 1. The first kappa shape index (κ1) is 15.9. The van der Waals surface area contributed by atoms with E-state index in [0.29, 0.717) is 10.7 Å². The molecule has 5 nitrogen and oxygen atoms in total. The minimum Gasteiger partial charge on any atom is -0.296 e. The number of aryl methyl sites for hydroxylation is 1. The number of rotatable bonds is 4. The average Bonchev–Trinajstić information content (AvgIpc) is 3.28. The fraction of sp³-hybridized carbons (Fsp3) is 0.111. The van der Waals surface area contributed by atoms with E-state index in [1.807, 2.05) is 49.4 Å². The van der Waals surface area contributed by atoms with E-state index >= 15 is 0 Å². The van der Waals surface area contributed by atoms with Crippen molar-refractivity contribution in [3.8, 4) is 10.6 Å². The number of para-hydroxylation sites is 1. The van der Waals surface area contributed by atoms with E-state index in [0.717, 1.165) is 32.2 Å². The summed E-state index contributed by atoms with van der Waals surface area (Å²) in [4.78, 5) is 17.4. The van der Waals surface area contributed by atoms with Crippen LogP contribution in [-0.2, 0) is 6.42 Å². The molecule has 7 heteroatoms. The van der Waals surface area contributed by atoms with Gasteiger partial charge in [0.25, 0.3) is 5.91 Å². The summed E-state index contributed by atoms with van der Waals surface area (Å²) < 4.78 is 1.10. The zero-order chi connectivity index (χ0) is 17.2. The fourth-order valence-electron chi connectivity index (χ4n) is 2.47. The Morgan fingerprint density at radius 1 is 1.04 bits per heavy atom. The van der Waals surface area contributed by atoms with E-state index in [1.54, 1.807) is 17.4 Å². The Balaban J connectivity index is 1.69. The van der Waals surface area contributed by atoms with Gasteiger partial charge in [0.1, 0.15) is 10.0 Å². The summed E-state index contributed by atoms with van der Waals surface area (Å²) >= 11 is 2.97. The van der Waals surface area contributed by atoms with Crippen molar-refractivity contribution in [3.05, 3.63) is 59.1 Å². The predicted molar refractivity (Wildman–Crippen MR) is 102 cm³/mol. The van der Waals surface area contributed by atoms with Crippen molar-refractivity contribution in [1.29, 1.82) is 0 Å².